The summed E-state index contributed by atoms with van der Waals surface area (Å²) in [6.45, 7) is 2.02. The Morgan fingerprint density at radius 1 is 1.08 bits per heavy atom. The van der Waals surface area contributed by atoms with Crippen LogP contribution in [0.2, 0.25) is 0 Å². The summed E-state index contributed by atoms with van der Waals surface area (Å²) >= 11 is 0. The lowest BCUT2D eigenvalue weighted by Crippen LogP contribution is -2.34. The predicted octanol–water partition coefficient (Wildman–Crippen LogP) is 3.09. The number of benzene rings is 1. The number of hydrogen-bond acceptors (Lipinski definition) is 4. The van der Waals surface area contributed by atoms with E-state index in [1.54, 1.807) is 4.68 Å². The Balaban J connectivity index is 1.55. The molecular formula is C21H24N4O. The molecule has 2 aromatic heterocycles. The molecule has 3 heterocycles. The molecule has 0 unspecified atom stereocenters. The summed E-state index contributed by atoms with van der Waals surface area (Å²) < 4.78 is 1.80. The predicted molar refractivity (Wildman–Crippen MR) is 103 cm³/mol. The number of fused-ring (bicyclic) bond motifs is 1. The third-order valence-corrected chi connectivity index (χ3v) is 5.35. The molecular weight excluding hydrogens is 324 g/mol. The van der Waals surface area contributed by atoms with E-state index < -0.39 is 0 Å². The lowest BCUT2D eigenvalue weighted by molar-refractivity contribution is -0.123. The van der Waals surface area contributed by atoms with Crippen molar-refractivity contribution in [1.82, 2.24) is 19.7 Å². The number of piperidine rings is 1. The van der Waals surface area contributed by atoms with E-state index in [1.807, 2.05) is 25.6 Å². The van der Waals surface area contributed by atoms with Gasteiger partial charge in [0, 0.05) is 48.4 Å². The van der Waals surface area contributed by atoms with Gasteiger partial charge in [-0.3, -0.25) is 14.5 Å². The highest BCUT2D eigenvalue weighted by molar-refractivity contribution is 5.88. The first-order chi connectivity index (χ1) is 12.6. The fraction of sp³-hybridized carbons (Fsp3) is 0.381. The molecule has 4 rings (SSSR count). The smallest absolute Gasteiger partial charge is 0.142 e. The van der Waals surface area contributed by atoms with Crippen molar-refractivity contribution in [2.45, 2.75) is 19.3 Å². The molecule has 134 valence electrons. The topological polar surface area (TPSA) is 51.0 Å². The number of pyridine rings is 1. The third-order valence-electron chi connectivity index (χ3n) is 5.35. The Hall–Kier alpha value is -2.53. The molecule has 5 nitrogen and oxygen atoms in total. The molecule has 3 aromatic rings. The molecule has 0 atom stereocenters. The van der Waals surface area contributed by atoms with Crippen LogP contribution in [0.25, 0.3) is 21.9 Å². The molecule has 1 aliphatic heterocycles. The van der Waals surface area contributed by atoms with Crippen LogP contribution in [0.15, 0.2) is 42.9 Å². The minimum atomic E-state index is 0.186. The van der Waals surface area contributed by atoms with E-state index in [0.717, 1.165) is 53.5 Å². The van der Waals surface area contributed by atoms with Gasteiger partial charge >= 0.3 is 0 Å². The lowest BCUT2D eigenvalue weighted by atomic mass is 9.90. The van der Waals surface area contributed by atoms with E-state index in [1.165, 1.54) is 0 Å². The maximum atomic E-state index is 12.6. The van der Waals surface area contributed by atoms with Crippen molar-refractivity contribution in [2.24, 2.45) is 13.0 Å². The van der Waals surface area contributed by atoms with Gasteiger partial charge < -0.3 is 4.90 Å². The summed E-state index contributed by atoms with van der Waals surface area (Å²) in [6.07, 6.45) is 8.11. The van der Waals surface area contributed by atoms with Crippen LogP contribution >= 0.6 is 0 Å². The molecule has 0 spiro atoms. The Morgan fingerprint density at radius 3 is 2.62 bits per heavy atom. The highest BCUT2D eigenvalue weighted by atomic mass is 16.1. The fourth-order valence-electron chi connectivity index (χ4n) is 3.69. The van der Waals surface area contributed by atoms with Crippen LogP contribution in [0, 0.1) is 5.92 Å². The van der Waals surface area contributed by atoms with Crippen LogP contribution in [0.3, 0.4) is 0 Å². The molecule has 26 heavy (non-hydrogen) atoms. The Kier molecular flexibility index (Phi) is 4.55. The first kappa shape index (κ1) is 16.9. The largest absolute Gasteiger partial charge is 0.306 e. The third kappa shape index (κ3) is 3.53. The van der Waals surface area contributed by atoms with Crippen LogP contribution in [0.5, 0.6) is 0 Å². The molecule has 0 saturated carbocycles. The monoisotopic (exact) mass is 348 g/mol. The Labute approximate surface area is 153 Å². The van der Waals surface area contributed by atoms with Gasteiger partial charge in [0.05, 0.1) is 6.20 Å². The Bertz CT molecular complexity index is 938. The number of hydrogen-bond donors (Lipinski definition) is 0. The summed E-state index contributed by atoms with van der Waals surface area (Å²) in [5, 5.41) is 6.45. The van der Waals surface area contributed by atoms with E-state index in [-0.39, 0.29) is 5.92 Å². The standard InChI is InChI=1S/C21H24N4O/c1-24-7-5-15(6-8-24)21(26)11-20-10-18-9-16(3-4-17(18)12-22-20)19-13-23-25(2)14-19/h3-4,9-10,12-15H,5-8,11H2,1-2H3. The second-order valence-corrected chi connectivity index (χ2v) is 7.36. The molecule has 0 amide bonds. The highest BCUT2D eigenvalue weighted by Crippen LogP contribution is 2.25. The molecule has 0 N–H and O–H groups in total. The van der Waals surface area contributed by atoms with Crippen molar-refractivity contribution in [1.29, 1.82) is 0 Å². The summed E-state index contributed by atoms with van der Waals surface area (Å²) in [5.41, 5.74) is 3.09. The van der Waals surface area contributed by atoms with Crippen molar-refractivity contribution in [3.05, 3.63) is 48.5 Å². The zero-order valence-electron chi connectivity index (χ0n) is 15.4. The number of likely N-dealkylation sites (tertiary alicyclic amines) is 1. The second kappa shape index (κ2) is 7.00. The van der Waals surface area contributed by atoms with Gasteiger partial charge in [0.15, 0.2) is 0 Å². The van der Waals surface area contributed by atoms with E-state index >= 15 is 0 Å². The van der Waals surface area contributed by atoms with Crippen molar-refractivity contribution in [2.75, 3.05) is 20.1 Å². The summed E-state index contributed by atoms with van der Waals surface area (Å²) in [6, 6.07) is 8.37. The molecule has 1 fully saturated rings. The number of carbonyl (C=O) groups is 1. The van der Waals surface area contributed by atoms with Crippen LogP contribution in [-0.4, -0.2) is 45.6 Å². The first-order valence-electron chi connectivity index (χ1n) is 9.17. The zero-order chi connectivity index (χ0) is 18.1. The zero-order valence-corrected chi connectivity index (χ0v) is 15.4. The van der Waals surface area contributed by atoms with Gasteiger partial charge in [-0.05, 0) is 56.1 Å². The fourth-order valence-corrected chi connectivity index (χ4v) is 3.69. The van der Waals surface area contributed by atoms with Crippen LogP contribution in [-0.2, 0) is 18.3 Å². The number of rotatable bonds is 4. The normalized spacial score (nSPS) is 16.2. The molecule has 1 aromatic carbocycles. The van der Waals surface area contributed by atoms with E-state index in [0.29, 0.717) is 12.2 Å². The SMILES string of the molecule is CN1CCC(C(=O)Cc2cc3cc(-c4cnn(C)c4)ccc3cn2)CC1. The number of carbonyl (C=O) groups excluding carboxylic acids is 1. The summed E-state index contributed by atoms with van der Waals surface area (Å²) in [7, 11) is 4.03. The molecule has 1 aliphatic rings. The van der Waals surface area contributed by atoms with E-state index in [2.05, 4.69) is 46.3 Å². The van der Waals surface area contributed by atoms with Crippen molar-refractivity contribution >= 4 is 16.6 Å². The van der Waals surface area contributed by atoms with Crippen LogP contribution < -0.4 is 0 Å². The van der Waals surface area contributed by atoms with Crippen LogP contribution in [0.4, 0.5) is 0 Å². The second-order valence-electron chi connectivity index (χ2n) is 7.36. The molecule has 0 aliphatic carbocycles. The van der Waals surface area contributed by atoms with Gasteiger partial charge in [0.1, 0.15) is 5.78 Å². The van der Waals surface area contributed by atoms with Gasteiger partial charge in [-0.1, -0.05) is 12.1 Å². The number of aromatic nitrogens is 3. The average Bonchev–Trinajstić information content (AvgIpc) is 3.08. The quantitative estimate of drug-likeness (QED) is 0.727. The molecule has 0 bridgehead atoms. The van der Waals surface area contributed by atoms with Crippen molar-refractivity contribution < 1.29 is 4.79 Å². The van der Waals surface area contributed by atoms with E-state index in [9.17, 15) is 4.79 Å². The minimum Gasteiger partial charge on any atom is -0.306 e. The number of Topliss-reactive ketones (excluding diaryl/α,β-unsaturated/α-hetero) is 1. The number of ketones is 1. The highest BCUT2D eigenvalue weighted by Gasteiger charge is 2.23. The van der Waals surface area contributed by atoms with Gasteiger partial charge in [-0.2, -0.15) is 5.10 Å². The van der Waals surface area contributed by atoms with Gasteiger partial charge in [-0.25, -0.2) is 0 Å². The average molecular weight is 348 g/mol. The number of aryl methyl sites for hydroxylation is 1. The van der Waals surface area contributed by atoms with Gasteiger partial charge in [0.2, 0.25) is 0 Å². The molecule has 0 radical (unpaired) electrons. The van der Waals surface area contributed by atoms with Crippen molar-refractivity contribution in [3.8, 4) is 11.1 Å². The maximum absolute atomic E-state index is 12.6. The lowest BCUT2D eigenvalue weighted by Gasteiger charge is -2.27. The minimum absolute atomic E-state index is 0.186. The summed E-state index contributed by atoms with van der Waals surface area (Å²) in [5.74, 6) is 0.513. The Morgan fingerprint density at radius 2 is 1.88 bits per heavy atom. The number of nitrogens with zero attached hydrogens (tertiary/aromatic N) is 4. The van der Waals surface area contributed by atoms with Crippen molar-refractivity contribution in [3.63, 3.8) is 0 Å². The molecule has 5 heteroatoms. The van der Waals surface area contributed by atoms with E-state index in [4.69, 9.17) is 0 Å². The summed E-state index contributed by atoms with van der Waals surface area (Å²) in [4.78, 5) is 19.4. The van der Waals surface area contributed by atoms with Crippen LogP contribution in [0.1, 0.15) is 18.5 Å². The van der Waals surface area contributed by atoms with Gasteiger partial charge in [-0.15, -0.1) is 0 Å². The first-order valence-corrected chi connectivity index (χ1v) is 9.17. The van der Waals surface area contributed by atoms with Gasteiger partial charge in [0.25, 0.3) is 0 Å². The maximum Gasteiger partial charge on any atom is 0.142 e. The molecule has 1 saturated heterocycles.